The smallest absolute Gasteiger partial charge is 0.312 e. The summed E-state index contributed by atoms with van der Waals surface area (Å²) in [6.07, 6.45) is 12.6. The van der Waals surface area contributed by atoms with Crippen molar-refractivity contribution in [3.8, 4) is 0 Å². The summed E-state index contributed by atoms with van der Waals surface area (Å²) in [5, 5.41) is 33.9. The molecule has 9 atom stereocenters. The Balaban J connectivity index is 0.000000207. The summed E-state index contributed by atoms with van der Waals surface area (Å²) >= 11 is 6.27. The van der Waals surface area contributed by atoms with E-state index in [1.54, 1.807) is 0 Å². The van der Waals surface area contributed by atoms with Crippen molar-refractivity contribution in [2.45, 2.75) is 138 Å². The number of aryl methyl sites for hydroxylation is 2. The molecule has 3 N–H and O–H groups in total. The van der Waals surface area contributed by atoms with Gasteiger partial charge in [0.05, 0.1) is 12.2 Å². The lowest BCUT2D eigenvalue weighted by Crippen LogP contribution is -2.67. The molecule has 0 amide bonds. The second-order valence-electron chi connectivity index (χ2n) is 21.4. The zero-order valence-corrected chi connectivity index (χ0v) is 37.9. The molecule has 0 radical (unpaired) electrons. The molecule has 2 aromatic rings. The van der Waals surface area contributed by atoms with E-state index in [0.29, 0.717) is 24.7 Å². The number of carboxylic acid groups (broad SMARTS) is 1. The predicted octanol–water partition coefficient (Wildman–Crippen LogP) is 11.2. The molecule has 6 aliphatic rings. The summed E-state index contributed by atoms with van der Waals surface area (Å²) in [5.74, 6) is 0.0888. The van der Waals surface area contributed by atoms with Crippen LogP contribution in [0.15, 0.2) is 54.1 Å². The lowest BCUT2D eigenvalue weighted by Gasteiger charge is -2.71. The summed E-state index contributed by atoms with van der Waals surface area (Å²) in [6, 6.07) is 15.1. The molecule has 57 heavy (non-hydrogen) atoms. The molecule has 0 spiro atoms. The molecule has 0 aromatic heterocycles. The number of hydrogen-bond donors (Lipinski definition) is 3. The molecule has 5 aliphatic carbocycles. The quantitative estimate of drug-likeness (QED) is 0.261. The van der Waals surface area contributed by atoms with Crippen LogP contribution in [0.5, 0.6) is 0 Å². The van der Waals surface area contributed by atoms with Gasteiger partial charge in [-0.05, 0) is 172 Å². The number of para-hydroxylation sites is 1. The minimum absolute atomic E-state index is 0. The van der Waals surface area contributed by atoms with Crippen LogP contribution in [0.2, 0.25) is 5.02 Å². The van der Waals surface area contributed by atoms with Crippen LogP contribution in [0.4, 0.5) is 11.4 Å². The van der Waals surface area contributed by atoms with Crippen molar-refractivity contribution in [3.05, 3.63) is 70.3 Å². The Morgan fingerprint density at radius 2 is 1.53 bits per heavy atom. The van der Waals surface area contributed by atoms with Gasteiger partial charge in [0.1, 0.15) is 5.41 Å². The molecule has 1 heterocycles. The van der Waals surface area contributed by atoms with Crippen LogP contribution < -0.4 is 4.90 Å². The maximum Gasteiger partial charge on any atom is 0.312 e. The van der Waals surface area contributed by atoms with Crippen molar-refractivity contribution in [1.82, 2.24) is 4.90 Å². The van der Waals surface area contributed by atoms with Crippen molar-refractivity contribution < 1.29 is 20.1 Å². The Labute approximate surface area is 355 Å². The molecule has 1 aliphatic heterocycles. The monoisotopic (exact) mass is 822 g/mol. The Bertz CT molecular complexity index is 1840. The second-order valence-corrected chi connectivity index (χ2v) is 21.8. The molecule has 0 saturated heterocycles. The number of carbonyl (C=O) groups is 1. The lowest BCUT2D eigenvalue weighted by atomic mass is 9.33. The van der Waals surface area contributed by atoms with Gasteiger partial charge in [-0.3, -0.25) is 4.79 Å². The maximum absolute atomic E-state index is 12.8. The van der Waals surface area contributed by atoms with Gasteiger partial charge in [0.2, 0.25) is 0 Å². The van der Waals surface area contributed by atoms with Crippen LogP contribution in [-0.2, 0) is 17.6 Å². The van der Waals surface area contributed by atoms with E-state index in [0.717, 1.165) is 82.3 Å². The van der Waals surface area contributed by atoms with Crippen molar-refractivity contribution in [2.75, 3.05) is 32.1 Å². The topological polar surface area (TPSA) is 84.2 Å². The zero-order valence-electron chi connectivity index (χ0n) is 36.3. The van der Waals surface area contributed by atoms with Crippen molar-refractivity contribution in [3.63, 3.8) is 0 Å². The predicted molar refractivity (Wildman–Crippen MR) is 237 cm³/mol. The van der Waals surface area contributed by atoms with Gasteiger partial charge in [0.25, 0.3) is 0 Å². The Morgan fingerprint density at radius 3 is 2.21 bits per heavy atom. The fraction of sp³-hybridized carbons (Fsp3) is 0.694. The zero-order chi connectivity index (χ0) is 40.6. The van der Waals surface area contributed by atoms with Crippen LogP contribution in [0.1, 0.15) is 124 Å². The van der Waals surface area contributed by atoms with Crippen LogP contribution in [0.3, 0.4) is 0 Å². The number of anilines is 2. The third-order valence-corrected chi connectivity index (χ3v) is 17.6. The highest BCUT2D eigenvalue weighted by Gasteiger charge is 2.71. The second kappa shape index (κ2) is 15.7. The largest absolute Gasteiger partial charge is 0.481 e. The first-order valence-corrected chi connectivity index (χ1v) is 22.2. The molecule has 9 unspecified atom stereocenters. The molecule has 4 fully saturated rings. The fourth-order valence-electron chi connectivity index (χ4n) is 13.9. The number of halogens is 2. The highest BCUT2D eigenvalue weighted by molar-refractivity contribution is 6.30. The number of aliphatic hydroxyl groups excluding tert-OH is 2. The van der Waals surface area contributed by atoms with E-state index in [-0.39, 0.29) is 51.5 Å². The standard InChI is InChI=1S/C30H48O4.C19H23ClN2.ClH/c1-25(2)14-15-30(24(33)34)19(16-25)18-8-9-21-27(5)12-11-22(31)26(3,4)20(27)10-13-28(21,6)29(18,7)17-23(30)32;1-21(2)12-5-13-22-18-7-4-3-6-15(18)8-9-16-10-11-17(20)14-19(16)22;/h8,19-23,31-32H,9-17H2,1-7H3,(H,33,34);3-4,6-7,10-11,14H,5,8-9,12-13H2,1-2H3;1H. The van der Waals surface area contributed by atoms with Gasteiger partial charge in [0, 0.05) is 22.9 Å². The number of fused-ring (bicyclic) bond motifs is 9. The average Bonchev–Trinajstić information content (AvgIpc) is 3.26. The van der Waals surface area contributed by atoms with Crippen molar-refractivity contribution >= 4 is 41.4 Å². The summed E-state index contributed by atoms with van der Waals surface area (Å²) in [6.45, 7) is 18.5. The first kappa shape index (κ1) is 44.5. The molecule has 6 nitrogen and oxygen atoms in total. The molecule has 2 aromatic carbocycles. The summed E-state index contributed by atoms with van der Waals surface area (Å²) in [7, 11) is 4.25. The molecular weight excluding hydrogens is 751 g/mol. The van der Waals surface area contributed by atoms with E-state index >= 15 is 0 Å². The van der Waals surface area contributed by atoms with E-state index in [4.69, 9.17) is 11.6 Å². The molecule has 316 valence electrons. The van der Waals surface area contributed by atoms with E-state index < -0.39 is 17.5 Å². The Hall–Kier alpha value is -2.09. The molecule has 0 bridgehead atoms. The minimum atomic E-state index is -1.04. The number of aliphatic carboxylic acids is 1. The van der Waals surface area contributed by atoms with E-state index in [1.807, 2.05) is 6.07 Å². The van der Waals surface area contributed by atoms with Gasteiger partial charge in [-0.1, -0.05) is 96.0 Å². The highest BCUT2D eigenvalue weighted by atomic mass is 35.5. The summed E-state index contributed by atoms with van der Waals surface area (Å²) < 4.78 is 0. The Morgan fingerprint density at radius 1 is 0.842 bits per heavy atom. The van der Waals surface area contributed by atoms with Crippen LogP contribution >= 0.6 is 24.0 Å². The summed E-state index contributed by atoms with van der Waals surface area (Å²) in [4.78, 5) is 17.5. The van der Waals surface area contributed by atoms with E-state index in [2.05, 4.69) is 115 Å². The van der Waals surface area contributed by atoms with Gasteiger partial charge in [0.15, 0.2) is 0 Å². The SMILES string of the molecule is CC1(C)CCC2(C(=O)O)C(O)CC3(C)C(=CCC4C5(C)CCC(O)C(C)(C)C5CCC43C)C2C1.CN(C)CCCN1c2ccccc2CCc2ccc(Cl)cc21.Cl. The first-order valence-electron chi connectivity index (χ1n) is 21.8. The highest BCUT2D eigenvalue weighted by Crippen LogP contribution is 2.75. The number of rotatable bonds is 5. The molecule has 4 saturated carbocycles. The van der Waals surface area contributed by atoms with Crippen molar-refractivity contribution in [1.29, 1.82) is 0 Å². The van der Waals surface area contributed by atoms with Crippen LogP contribution in [-0.4, -0.2) is 65.6 Å². The lowest BCUT2D eigenvalue weighted by molar-refractivity contribution is -0.218. The number of allylic oxidation sites excluding steroid dienone is 2. The van der Waals surface area contributed by atoms with E-state index in [9.17, 15) is 20.1 Å². The number of aliphatic hydroxyl groups is 2. The first-order chi connectivity index (χ1) is 26.2. The van der Waals surface area contributed by atoms with Crippen LogP contribution in [0.25, 0.3) is 0 Å². The fourth-order valence-corrected chi connectivity index (χ4v) is 14.1. The van der Waals surface area contributed by atoms with Gasteiger partial charge >= 0.3 is 5.97 Å². The molecule has 8 rings (SSSR count). The van der Waals surface area contributed by atoms with Crippen molar-refractivity contribution in [2.24, 2.45) is 50.2 Å². The van der Waals surface area contributed by atoms with Gasteiger partial charge in [-0.15, -0.1) is 12.4 Å². The van der Waals surface area contributed by atoms with Gasteiger partial charge in [-0.25, -0.2) is 0 Å². The third-order valence-electron chi connectivity index (χ3n) is 17.3. The summed E-state index contributed by atoms with van der Waals surface area (Å²) in [5.41, 5.74) is 5.73. The third kappa shape index (κ3) is 7.21. The molecule has 8 heteroatoms. The van der Waals surface area contributed by atoms with Crippen LogP contribution in [0, 0.1) is 50.2 Å². The van der Waals surface area contributed by atoms with E-state index in [1.165, 1.54) is 28.1 Å². The minimum Gasteiger partial charge on any atom is -0.481 e. The Kier molecular flexibility index (Phi) is 12.3. The molecular formula is C49H72Cl2N2O4. The normalized spacial score (nSPS) is 37.2. The van der Waals surface area contributed by atoms with Gasteiger partial charge in [-0.2, -0.15) is 0 Å². The number of carboxylic acids is 1. The maximum atomic E-state index is 12.8. The number of nitrogens with zero attached hydrogens (tertiary/aromatic N) is 2. The van der Waals surface area contributed by atoms with Gasteiger partial charge < -0.3 is 25.1 Å². The number of hydrogen-bond acceptors (Lipinski definition) is 5. The number of benzene rings is 2. The average molecular weight is 824 g/mol.